The molecule has 0 spiro atoms. The highest BCUT2D eigenvalue weighted by Gasteiger charge is 2.25. The molecule has 28 heavy (non-hydrogen) atoms. The molecule has 0 saturated carbocycles. The summed E-state index contributed by atoms with van der Waals surface area (Å²) >= 11 is 3.36. The van der Waals surface area contributed by atoms with Gasteiger partial charge in [0.15, 0.2) is 5.78 Å². The Morgan fingerprint density at radius 1 is 1.04 bits per heavy atom. The molecule has 1 saturated heterocycles. The molecule has 0 aliphatic carbocycles. The van der Waals surface area contributed by atoms with E-state index in [1.54, 1.807) is 12.1 Å². The van der Waals surface area contributed by atoms with Crippen LogP contribution in [-0.4, -0.2) is 35.8 Å². The van der Waals surface area contributed by atoms with Gasteiger partial charge >= 0.3 is 0 Å². The van der Waals surface area contributed by atoms with Crippen molar-refractivity contribution in [3.63, 3.8) is 0 Å². The Morgan fingerprint density at radius 2 is 1.68 bits per heavy atom. The summed E-state index contributed by atoms with van der Waals surface area (Å²) in [6.45, 7) is 1.37. The van der Waals surface area contributed by atoms with Crippen molar-refractivity contribution in [2.45, 2.75) is 37.6 Å². The highest BCUT2D eigenvalue weighted by atomic mass is 79.9. The molecule has 1 aliphatic rings. The van der Waals surface area contributed by atoms with Gasteiger partial charge in [-0.3, -0.25) is 9.59 Å². The lowest BCUT2D eigenvalue weighted by molar-refractivity contribution is -0.134. The molecule has 6 heteroatoms. The summed E-state index contributed by atoms with van der Waals surface area (Å²) in [5, 5.41) is 0. The molecular weight excluding hydrogens is 437 g/mol. The van der Waals surface area contributed by atoms with Crippen LogP contribution in [0.3, 0.4) is 0 Å². The molecule has 1 fully saturated rings. The molecule has 1 amide bonds. The first-order chi connectivity index (χ1) is 13.5. The molecule has 2 unspecified atom stereocenters. The first kappa shape index (κ1) is 21.2. The number of ketones is 1. The molecule has 3 rings (SSSR count). The maximum atomic E-state index is 12.5. The number of amides is 1. The molecule has 1 heterocycles. The summed E-state index contributed by atoms with van der Waals surface area (Å²) in [5.41, 5.74) is 1.79. The molecule has 0 aromatic heterocycles. The standard InChI is InChI=1S/C22H25BrNO3P/c23-18-8-6-16(7-9-18)20(25)10-11-21(26)24-14-12-19(13-15-24)27-22(28)17-4-2-1-3-5-17/h1-9,19,22H,10-15,28H2. The van der Waals surface area contributed by atoms with E-state index in [0.717, 1.165) is 22.9 Å². The van der Waals surface area contributed by atoms with Crippen LogP contribution in [0.4, 0.5) is 0 Å². The van der Waals surface area contributed by atoms with Crippen molar-refractivity contribution in [1.29, 1.82) is 0 Å². The van der Waals surface area contributed by atoms with Crippen molar-refractivity contribution < 1.29 is 14.3 Å². The quantitative estimate of drug-likeness (QED) is 0.430. The van der Waals surface area contributed by atoms with E-state index in [-0.39, 0.29) is 36.5 Å². The van der Waals surface area contributed by atoms with Crippen LogP contribution in [0.2, 0.25) is 0 Å². The Bertz CT molecular complexity index is 789. The summed E-state index contributed by atoms with van der Waals surface area (Å²) in [4.78, 5) is 26.6. The molecule has 0 N–H and O–H groups in total. The summed E-state index contributed by atoms with van der Waals surface area (Å²) in [6.07, 6.45) is 2.31. The first-order valence-corrected chi connectivity index (χ1v) is 11.0. The first-order valence-electron chi connectivity index (χ1n) is 9.55. The second kappa shape index (κ2) is 10.3. The minimum absolute atomic E-state index is 0.00720. The van der Waals surface area contributed by atoms with Crippen molar-refractivity contribution in [2.75, 3.05) is 13.1 Å². The number of Topliss-reactive ketones (excluding diaryl/α,β-unsaturated/α-hetero) is 1. The van der Waals surface area contributed by atoms with E-state index < -0.39 is 0 Å². The molecular formula is C22H25BrNO3P. The lowest BCUT2D eigenvalue weighted by Crippen LogP contribution is -2.41. The van der Waals surface area contributed by atoms with Crippen molar-refractivity contribution >= 4 is 36.9 Å². The van der Waals surface area contributed by atoms with Crippen molar-refractivity contribution in [2.24, 2.45) is 0 Å². The normalized spacial score (nSPS) is 16.0. The Labute approximate surface area is 177 Å². The number of hydrogen-bond acceptors (Lipinski definition) is 3. The number of rotatable bonds is 7. The SMILES string of the molecule is O=C(CCC(=O)N1CCC(OC(P)c2ccccc2)CC1)c1ccc(Br)cc1. The number of carbonyl (C=O) groups is 2. The third kappa shape index (κ3) is 5.97. The summed E-state index contributed by atoms with van der Waals surface area (Å²) in [7, 11) is 2.75. The van der Waals surface area contributed by atoms with Gasteiger partial charge in [-0.15, -0.1) is 9.24 Å². The lowest BCUT2D eigenvalue weighted by Gasteiger charge is -2.33. The van der Waals surface area contributed by atoms with Crippen LogP contribution in [0.15, 0.2) is 59.1 Å². The van der Waals surface area contributed by atoms with Gasteiger partial charge in [0.1, 0.15) is 0 Å². The maximum Gasteiger partial charge on any atom is 0.223 e. The number of nitrogens with zero attached hydrogens (tertiary/aromatic N) is 1. The fourth-order valence-electron chi connectivity index (χ4n) is 3.33. The zero-order chi connectivity index (χ0) is 19.9. The number of ether oxygens (including phenoxy) is 1. The van der Waals surface area contributed by atoms with E-state index in [4.69, 9.17) is 4.74 Å². The van der Waals surface area contributed by atoms with Crippen LogP contribution >= 0.6 is 25.2 Å². The van der Waals surface area contributed by atoms with Gasteiger partial charge in [-0.25, -0.2) is 0 Å². The highest BCUT2D eigenvalue weighted by Crippen LogP contribution is 2.29. The van der Waals surface area contributed by atoms with Crippen molar-refractivity contribution in [1.82, 2.24) is 4.90 Å². The summed E-state index contributed by atoms with van der Waals surface area (Å²) < 4.78 is 7.07. The fraction of sp³-hybridized carbons (Fsp3) is 0.364. The second-order valence-electron chi connectivity index (χ2n) is 6.98. The van der Waals surface area contributed by atoms with E-state index >= 15 is 0 Å². The average Bonchev–Trinajstić information content (AvgIpc) is 2.73. The predicted molar refractivity (Wildman–Crippen MR) is 117 cm³/mol. The van der Waals surface area contributed by atoms with Crippen LogP contribution in [0.1, 0.15) is 47.4 Å². The van der Waals surface area contributed by atoms with Crippen LogP contribution in [-0.2, 0) is 9.53 Å². The molecule has 4 nitrogen and oxygen atoms in total. The fourth-order valence-corrected chi connectivity index (χ4v) is 4.04. The van der Waals surface area contributed by atoms with Gasteiger partial charge in [-0.05, 0) is 30.5 Å². The lowest BCUT2D eigenvalue weighted by atomic mass is 10.0. The number of benzene rings is 2. The van der Waals surface area contributed by atoms with Crippen LogP contribution in [0.5, 0.6) is 0 Å². The van der Waals surface area contributed by atoms with Gasteiger partial charge in [0.2, 0.25) is 5.91 Å². The second-order valence-corrected chi connectivity index (χ2v) is 8.50. The minimum Gasteiger partial charge on any atom is -0.366 e. The minimum atomic E-state index is -0.0306. The molecule has 148 valence electrons. The third-order valence-corrected chi connectivity index (χ3v) is 6.06. The number of piperidine rings is 1. The number of likely N-dealkylation sites (tertiary alicyclic amines) is 1. The van der Waals surface area contributed by atoms with Crippen LogP contribution in [0, 0.1) is 0 Å². The molecule has 0 radical (unpaired) electrons. The highest BCUT2D eigenvalue weighted by molar-refractivity contribution is 9.10. The Kier molecular flexibility index (Phi) is 7.78. The smallest absolute Gasteiger partial charge is 0.223 e. The zero-order valence-corrected chi connectivity index (χ0v) is 18.5. The van der Waals surface area contributed by atoms with Crippen LogP contribution < -0.4 is 0 Å². The van der Waals surface area contributed by atoms with E-state index in [0.29, 0.717) is 18.7 Å². The number of carbonyl (C=O) groups excluding carboxylic acids is 2. The Morgan fingerprint density at radius 3 is 2.32 bits per heavy atom. The van der Waals surface area contributed by atoms with Gasteiger partial charge in [-0.2, -0.15) is 0 Å². The monoisotopic (exact) mass is 461 g/mol. The van der Waals surface area contributed by atoms with Gasteiger partial charge < -0.3 is 9.64 Å². The van der Waals surface area contributed by atoms with E-state index in [2.05, 4.69) is 37.3 Å². The molecule has 2 aromatic carbocycles. The maximum absolute atomic E-state index is 12.5. The summed E-state index contributed by atoms with van der Waals surface area (Å²) in [6, 6.07) is 17.4. The van der Waals surface area contributed by atoms with E-state index in [1.807, 2.05) is 35.2 Å². The molecule has 0 bridgehead atoms. The molecule has 2 aromatic rings. The zero-order valence-electron chi connectivity index (χ0n) is 15.7. The van der Waals surface area contributed by atoms with Gasteiger partial charge in [0.25, 0.3) is 0 Å². The van der Waals surface area contributed by atoms with Crippen LogP contribution in [0.25, 0.3) is 0 Å². The summed E-state index contributed by atoms with van der Waals surface area (Å²) in [5.74, 6) is 0.0270. The largest absolute Gasteiger partial charge is 0.366 e. The predicted octanol–water partition coefficient (Wildman–Crippen LogP) is 4.99. The average molecular weight is 462 g/mol. The van der Waals surface area contributed by atoms with Gasteiger partial charge in [0, 0.05) is 36.0 Å². The Hall–Kier alpha value is -1.55. The van der Waals surface area contributed by atoms with Crippen molar-refractivity contribution in [3.05, 3.63) is 70.2 Å². The van der Waals surface area contributed by atoms with Crippen molar-refractivity contribution in [3.8, 4) is 0 Å². The topological polar surface area (TPSA) is 46.6 Å². The van der Waals surface area contributed by atoms with Gasteiger partial charge in [0.05, 0.1) is 11.9 Å². The Balaban J connectivity index is 1.41. The van der Waals surface area contributed by atoms with E-state index in [1.165, 1.54) is 0 Å². The third-order valence-electron chi connectivity index (χ3n) is 4.99. The van der Waals surface area contributed by atoms with E-state index in [9.17, 15) is 9.59 Å². The number of hydrogen-bond donors (Lipinski definition) is 0. The molecule has 1 aliphatic heterocycles. The van der Waals surface area contributed by atoms with Gasteiger partial charge in [-0.1, -0.05) is 58.4 Å². The number of halogens is 1. The molecule has 2 atom stereocenters.